The molecule has 0 aliphatic heterocycles. The predicted molar refractivity (Wildman–Crippen MR) is 93.1 cm³/mol. The van der Waals surface area contributed by atoms with E-state index in [-0.39, 0.29) is 5.56 Å². The Hall–Kier alpha value is -2.99. The van der Waals surface area contributed by atoms with Crippen LogP contribution in [0.5, 0.6) is 5.75 Å². The number of halogens is 4. The summed E-state index contributed by atoms with van der Waals surface area (Å²) in [6, 6.07) is 1.59. The fourth-order valence-corrected chi connectivity index (χ4v) is 3.20. The number of alkyl halides is 4. The number of hydrogen-bond donors (Lipinski definition) is 0. The van der Waals surface area contributed by atoms with Gasteiger partial charge < -0.3 is 9.47 Å². The molecule has 0 bridgehead atoms. The van der Waals surface area contributed by atoms with Crippen molar-refractivity contribution in [2.75, 3.05) is 6.61 Å². The molecule has 0 N–H and O–H groups in total. The quantitative estimate of drug-likeness (QED) is 0.140. The zero-order chi connectivity index (χ0) is 22.5. The van der Waals surface area contributed by atoms with E-state index in [2.05, 4.69) is 4.74 Å². The summed E-state index contributed by atoms with van der Waals surface area (Å²) in [7, 11) is 0. The largest absolute Gasteiger partial charge is 0.514 e. The van der Waals surface area contributed by atoms with Crippen LogP contribution in [-0.2, 0) is 4.74 Å². The van der Waals surface area contributed by atoms with Crippen LogP contribution in [0.25, 0.3) is 0 Å². The molecule has 2 rings (SSSR count). The molecule has 30 heavy (non-hydrogen) atoms. The van der Waals surface area contributed by atoms with Crippen molar-refractivity contribution >= 4 is 17.5 Å². The standard InChI is InChI=1S/C17H18F4N2O7/c18-15(19)17(20,21)9-29-16(24)30-14-12(10-5-3-1-2-4-6-10)7-11(22(25)26)8-13(14)23(27)28/h7-8,10,15H,1-6,9H2. The summed E-state index contributed by atoms with van der Waals surface area (Å²) < 4.78 is 59.0. The second-order valence-corrected chi connectivity index (χ2v) is 6.79. The van der Waals surface area contributed by atoms with Crippen molar-refractivity contribution in [3.8, 4) is 5.75 Å². The highest BCUT2D eigenvalue weighted by molar-refractivity contribution is 5.70. The van der Waals surface area contributed by atoms with Crippen LogP contribution < -0.4 is 4.74 Å². The molecule has 1 aromatic carbocycles. The Labute approximate surface area is 167 Å². The van der Waals surface area contributed by atoms with Gasteiger partial charge in [0.15, 0.2) is 6.61 Å². The van der Waals surface area contributed by atoms with Crippen molar-refractivity contribution < 1.29 is 41.7 Å². The molecule has 1 saturated carbocycles. The predicted octanol–water partition coefficient (Wildman–Crippen LogP) is 5.36. The molecule has 13 heteroatoms. The SMILES string of the molecule is O=C(OCC(F)(F)C(F)F)Oc1c(C2CCCCCC2)cc([N+](=O)[O-])cc1[N+](=O)[O-]. The molecule has 0 amide bonds. The molecule has 0 unspecified atom stereocenters. The summed E-state index contributed by atoms with van der Waals surface area (Å²) in [5, 5.41) is 22.6. The lowest BCUT2D eigenvalue weighted by molar-refractivity contribution is -0.394. The Morgan fingerprint density at radius 1 is 1.10 bits per heavy atom. The van der Waals surface area contributed by atoms with Gasteiger partial charge in [0.1, 0.15) is 0 Å². The first-order chi connectivity index (χ1) is 14.0. The van der Waals surface area contributed by atoms with E-state index >= 15 is 0 Å². The lowest BCUT2D eigenvalue weighted by atomic mass is 9.90. The molecule has 0 radical (unpaired) electrons. The van der Waals surface area contributed by atoms with Crippen molar-refractivity contribution in [2.45, 2.75) is 56.8 Å². The zero-order valence-corrected chi connectivity index (χ0v) is 15.5. The number of nitrogens with zero attached hydrogens (tertiary/aromatic N) is 2. The molecular weight excluding hydrogens is 420 g/mol. The molecule has 1 fully saturated rings. The first kappa shape index (κ1) is 23.3. The number of hydrogen-bond acceptors (Lipinski definition) is 7. The van der Waals surface area contributed by atoms with Gasteiger partial charge in [-0.05, 0) is 18.8 Å². The number of non-ortho nitro benzene ring substituents is 1. The van der Waals surface area contributed by atoms with Gasteiger partial charge in [-0.3, -0.25) is 20.2 Å². The lowest BCUT2D eigenvalue weighted by Gasteiger charge is -2.19. The third kappa shape index (κ3) is 5.76. The van der Waals surface area contributed by atoms with E-state index in [1.807, 2.05) is 0 Å². The summed E-state index contributed by atoms with van der Waals surface area (Å²) >= 11 is 0. The topological polar surface area (TPSA) is 122 Å². The monoisotopic (exact) mass is 438 g/mol. The zero-order valence-electron chi connectivity index (χ0n) is 15.5. The van der Waals surface area contributed by atoms with E-state index < -0.39 is 58.0 Å². The maximum Gasteiger partial charge on any atom is 0.514 e. The van der Waals surface area contributed by atoms with Crippen LogP contribution in [0.15, 0.2) is 12.1 Å². The van der Waals surface area contributed by atoms with E-state index in [0.29, 0.717) is 18.9 Å². The van der Waals surface area contributed by atoms with Crippen LogP contribution in [0.2, 0.25) is 0 Å². The number of benzene rings is 1. The van der Waals surface area contributed by atoms with E-state index in [0.717, 1.165) is 31.7 Å². The van der Waals surface area contributed by atoms with Crippen LogP contribution >= 0.6 is 0 Å². The molecule has 0 spiro atoms. The second-order valence-electron chi connectivity index (χ2n) is 6.79. The van der Waals surface area contributed by atoms with Crippen LogP contribution in [0.4, 0.5) is 33.7 Å². The van der Waals surface area contributed by atoms with Gasteiger partial charge in [0.25, 0.3) is 5.69 Å². The van der Waals surface area contributed by atoms with Crippen molar-refractivity contribution in [3.63, 3.8) is 0 Å². The average Bonchev–Trinajstić information content (AvgIpc) is 2.95. The minimum Gasteiger partial charge on any atom is -0.427 e. The smallest absolute Gasteiger partial charge is 0.427 e. The Balaban J connectivity index is 2.40. The van der Waals surface area contributed by atoms with Crippen molar-refractivity contribution in [1.82, 2.24) is 0 Å². The summed E-state index contributed by atoms with van der Waals surface area (Å²) in [6.07, 6.45) is -1.72. The number of carbonyl (C=O) groups is 1. The van der Waals surface area contributed by atoms with Gasteiger partial charge in [-0.25, -0.2) is 13.6 Å². The van der Waals surface area contributed by atoms with Crippen molar-refractivity contribution in [2.24, 2.45) is 0 Å². The van der Waals surface area contributed by atoms with Gasteiger partial charge in [0.2, 0.25) is 5.75 Å². The highest BCUT2D eigenvalue weighted by Crippen LogP contribution is 2.44. The van der Waals surface area contributed by atoms with Gasteiger partial charge in [0, 0.05) is 11.6 Å². The number of ether oxygens (including phenoxy) is 2. The van der Waals surface area contributed by atoms with Crippen LogP contribution in [-0.4, -0.2) is 35.0 Å². The van der Waals surface area contributed by atoms with Crippen LogP contribution in [0.1, 0.15) is 50.0 Å². The molecule has 1 aromatic rings. The first-order valence-corrected chi connectivity index (χ1v) is 9.00. The van der Waals surface area contributed by atoms with Crippen LogP contribution in [0.3, 0.4) is 0 Å². The molecule has 1 aliphatic carbocycles. The maximum absolute atomic E-state index is 12.9. The highest BCUT2D eigenvalue weighted by atomic mass is 19.3. The van der Waals surface area contributed by atoms with Crippen molar-refractivity contribution in [3.05, 3.63) is 37.9 Å². The van der Waals surface area contributed by atoms with Crippen LogP contribution in [0, 0.1) is 20.2 Å². The normalized spacial score (nSPS) is 15.5. The molecule has 0 atom stereocenters. The van der Waals surface area contributed by atoms with E-state index in [1.165, 1.54) is 0 Å². The molecule has 166 valence electrons. The molecule has 9 nitrogen and oxygen atoms in total. The van der Waals surface area contributed by atoms with Crippen molar-refractivity contribution in [1.29, 1.82) is 0 Å². The fourth-order valence-electron chi connectivity index (χ4n) is 3.20. The lowest BCUT2D eigenvalue weighted by Crippen LogP contribution is -2.34. The molecule has 1 aliphatic rings. The molecule has 0 saturated heterocycles. The summed E-state index contributed by atoms with van der Waals surface area (Å²) in [4.78, 5) is 32.5. The number of nitro groups is 2. The average molecular weight is 438 g/mol. The maximum atomic E-state index is 12.9. The van der Waals surface area contributed by atoms with Gasteiger partial charge in [0.05, 0.1) is 15.9 Å². The van der Waals surface area contributed by atoms with Gasteiger partial charge in [-0.2, -0.15) is 8.78 Å². The first-order valence-electron chi connectivity index (χ1n) is 9.00. The second kappa shape index (κ2) is 9.67. The number of nitro benzene ring substituents is 2. The van der Waals surface area contributed by atoms with Gasteiger partial charge >= 0.3 is 24.2 Å². The highest BCUT2D eigenvalue weighted by Gasteiger charge is 2.43. The minimum atomic E-state index is -4.63. The summed E-state index contributed by atoms with van der Waals surface area (Å²) in [5.74, 6) is -5.73. The third-order valence-corrected chi connectivity index (χ3v) is 4.67. The van der Waals surface area contributed by atoms with Gasteiger partial charge in [-0.1, -0.05) is 25.7 Å². The minimum absolute atomic E-state index is 0.00429. The van der Waals surface area contributed by atoms with E-state index in [4.69, 9.17) is 4.74 Å². The Morgan fingerprint density at radius 2 is 1.70 bits per heavy atom. The fraction of sp³-hybridized carbons (Fsp3) is 0.588. The summed E-state index contributed by atoms with van der Waals surface area (Å²) in [6.45, 7) is -2.00. The molecule has 0 aromatic heterocycles. The van der Waals surface area contributed by atoms with Gasteiger partial charge in [-0.15, -0.1) is 0 Å². The molecular formula is C17H18F4N2O7. The Bertz CT molecular complexity index is 812. The Kier molecular flexibility index (Phi) is 7.51. The third-order valence-electron chi connectivity index (χ3n) is 4.67. The van der Waals surface area contributed by atoms with E-state index in [1.54, 1.807) is 0 Å². The number of carbonyl (C=O) groups excluding carboxylic acids is 1. The Morgan fingerprint density at radius 3 is 2.20 bits per heavy atom. The summed E-state index contributed by atoms with van der Waals surface area (Å²) in [5.41, 5.74) is -1.54. The molecule has 0 heterocycles. The van der Waals surface area contributed by atoms with E-state index in [9.17, 15) is 42.6 Å². The number of rotatable bonds is 7.